The molecule has 0 radical (unpaired) electrons. The van der Waals surface area contributed by atoms with Gasteiger partial charge in [0, 0.05) is 16.6 Å². The molecule has 1 N–H and O–H groups in total. The van der Waals surface area contributed by atoms with E-state index in [2.05, 4.69) is 21.6 Å². The number of aromatic nitrogens is 3. The quantitative estimate of drug-likeness (QED) is 0.227. The first kappa shape index (κ1) is 26.4. The van der Waals surface area contributed by atoms with Crippen LogP contribution in [0.25, 0.3) is 5.69 Å². The number of carbonyl (C=O) groups excluding carboxylic acids is 1. The molecule has 186 valence electrons. The minimum absolute atomic E-state index is 0.115. The molecule has 0 bridgehead atoms. The van der Waals surface area contributed by atoms with Crippen molar-refractivity contribution in [1.82, 2.24) is 20.1 Å². The molecule has 0 unspecified atom stereocenters. The van der Waals surface area contributed by atoms with Crippen molar-refractivity contribution in [2.24, 2.45) is 0 Å². The highest BCUT2D eigenvalue weighted by atomic mass is 35.5. The van der Waals surface area contributed by atoms with E-state index >= 15 is 0 Å². The Morgan fingerprint density at radius 1 is 0.972 bits per heavy atom. The summed E-state index contributed by atoms with van der Waals surface area (Å²) in [4.78, 5) is 12.5. The highest BCUT2D eigenvalue weighted by Gasteiger charge is 2.18. The van der Waals surface area contributed by atoms with Crippen molar-refractivity contribution < 1.29 is 9.53 Å². The van der Waals surface area contributed by atoms with Gasteiger partial charge >= 0.3 is 0 Å². The minimum Gasteiger partial charge on any atom is -0.484 e. The van der Waals surface area contributed by atoms with Crippen LogP contribution < -0.4 is 10.1 Å². The van der Waals surface area contributed by atoms with Gasteiger partial charge in [-0.05, 0) is 66.9 Å². The summed E-state index contributed by atoms with van der Waals surface area (Å²) in [6.07, 6.45) is 0. The number of benzene rings is 3. The number of hydrogen-bond acceptors (Lipinski definition) is 5. The van der Waals surface area contributed by atoms with Crippen LogP contribution in [0, 0.1) is 13.8 Å². The molecule has 0 saturated heterocycles. The average molecular weight is 562 g/mol. The molecule has 0 aliphatic carbocycles. The molecule has 1 amide bonds. The van der Waals surface area contributed by atoms with E-state index in [1.165, 1.54) is 11.8 Å². The Bertz CT molecular complexity index is 1380. The fourth-order valence-electron chi connectivity index (χ4n) is 3.41. The van der Waals surface area contributed by atoms with Crippen LogP contribution in [-0.2, 0) is 17.9 Å². The number of nitrogens with zero attached hydrogens (tertiary/aromatic N) is 3. The molecule has 6 nitrogen and oxygen atoms in total. The summed E-state index contributed by atoms with van der Waals surface area (Å²) in [5, 5.41) is 13.8. The van der Waals surface area contributed by atoms with Crippen LogP contribution in [-0.4, -0.2) is 26.4 Å². The van der Waals surface area contributed by atoms with Gasteiger partial charge in [0.15, 0.2) is 11.0 Å². The van der Waals surface area contributed by atoms with Gasteiger partial charge in [-0.15, -0.1) is 10.2 Å². The smallest absolute Gasteiger partial charge is 0.230 e. The van der Waals surface area contributed by atoms with Crippen LogP contribution in [0.5, 0.6) is 5.75 Å². The number of halogens is 3. The van der Waals surface area contributed by atoms with Gasteiger partial charge in [-0.2, -0.15) is 0 Å². The molecule has 4 rings (SSSR count). The first-order valence-corrected chi connectivity index (χ1v) is 13.2. The number of nitrogens with one attached hydrogen (secondary N) is 1. The summed E-state index contributed by atoms with van der Waals surface area (Å²) in [7, 11) is 0. The highest BCUT2D eigenvalue weighted by molar-refractivity contribution is 7.99. The zero-order valence-electron chi connectivity index (χ0n) is 19.6. The van der Waals surface area contributed by atoms with Gasteiger partial charge in [-0.3, -0.25) is 9.36 Å². The number of thioether (sulfide) groups is 1. The predicted octanol–water partition coefficient (Wildman–Crippen LogP) is 6.83. The second-order valence-corrected chi connectivity index (χ2v) is 10.3. The number of hydrogen-bond donors (Lipinski definition) is 1. The van der Waals surface area contributed by atoms with E-state index in [-0.39, 0.29) is 18.3 Å². The van der Waals surface area contributed by atoms with Gasteiger partial charge in [0.1, 0.15) is 12.4 Å². The van der Waals surface area contributed by atoms with Crippen molar-refractivity contribution in [3.63, 3.8) is 0 Å². The maximum atomic E-state index is 12.5. The Morgan fingerprint density at radius 3 is 2.47 bits per heavy atom. The van der Waals surface area contributed by atoms with Gasteiger partial charge in [0.2, 0.25) is 5.91 Å². The Balaban J connectivity index is 1.51. The van der Waals surface area contributed by atoms with E-state index in [1.807, 2.05) is 42.7 Å². The van der Waals surface area contributed by atoms with E-state index < -0.39 is 0 Å². The van der Waals surface area contributed by atoms with Crippen molar-refractivity contribution in [2.75, 3.05) is 5.75 Å². The van der Waals surface area contributed by atoms with E-state index in [1.54, 1.807) is 30.3 Å². The van der Waals surface area contributed by atoms with E-state index in [0.29, 0.717) is 38.3 Å². The fraction of sp³-hybridized carbons (Fsp3) is 0.192. The zero-order chi connectivity index (χ0) is 25.7. The molecule has 4 aromatic rings. The lowest BCUT2D eigenvalue weighted by Crippen LogP contribution is -2.24. The molecule has 1 heterocycles. The number of carbonyl (C=O) groups is 1. The van der Waals surface area contributed by atoms with E-state index in [4.69, 9.17) is 39.5 Å². The first-order valence-electron chi connectivity index (χ1n) is 11.0. The standard InChI is InChI=1S/C26H23Cl3N4O2S/c1-16-3-4-17(2)22(11-16)33-24(14-35-23-10-9-20(28)12-21(23)29)31-32-26(33)36-15-25(34)30-13-18-5-7-19(27)8-6-18/h3-12H,13-15H2,1-2H3,(H,30,34). The zero-order valence-corrected chi connectivity index (χ0v) is 22.7. The SMILES string of the molecule is Cc1ccc(C)c(-n2c(COc3ccc(Cl)cc3Cl)nnc2SCC(=O)NCc2ccc(Cl)cc2)c1. The molecule has 0 atom stereocenters. The second kappa shape index (κ2) is 12.0. The number of amides is 1. The monoisotopic (exact) mass is 560 g/mol. The molecule has 0 saturated carbocycles. The summed E-state index contributed by atoms with van der Waals surface area (Å²) < 4.78 is 7.85. The summed E-state index contributed by atoms with van der Waals surface area (Å²) in [6.45, 7) is 4.59. The van der Waals surface area contributed by atoms with E-state index in [0.717, 1.165) is 22.4 Å². The lowest BCUT2D eigenvalue weighted by atomic mass is 10.1. The van der Waals surface area contributed by atoms with Gasteiger partial charge in [-0.1, -0.05) is 70.8 Å². The topological polar surface area (TPSA) is 69.0 Å². The number of rotatable bonds is 9. The lowest BCUT2D eigenvalue weighted by Gasteiger charge is -2.14. The van der Waals surface area contributed by atoms with Crippen LogP contribution in [0.4, 0.5) is 0 Å². The molecule has 0 spiro atoms. The lowest BCUT2D eigenvalue weighted by molar-refractivity contribution is -0.118. The van der Waals surface area contributed by atoms with Gasteiger partial charge in [0.05, 0.1) is 16.5 Å². The molecule has 0 aliphatic rings. The second-order valence-electron chi connectivity index (χ2n) is 8.08. The largest absolute Gasteiger partial charge is 0.484 e. The third-order valence-corrected chi connectivity index (χ3v) is 7.00. The van der Waals surface area contributed by atoms with Crippen molar-refractivity contribution in [1.29, 1.82) is 0 Å². The molecule has 0 aliphatic heterocycles. The van der Waals surface area contributed by atoms with Crippen LogP contribution >= 0.6 is 46.6 Å². The van der Waals surface area contributed by atoms with Gasteiger partial charge in [0.25, 0.3) is 0 Å². The van der Waals surface area contributed by atoms with Crippen molar-refractivity contribution in [3.8, 4) is 11.4 Å². The highest BCUT2D eigenvalue weighted by Crippen LogP contribution is 2.30. The normalized spacial score (nSPS) is 10.9. The first-order chi connectivity index (χ1) is 17.3. The summed E-state index contributed by atoms with van der Waals surface area (Å²) >= 11 is 19.5. The van der Waals surface area contributed by atoms with Crippen LogP contribution in [0.2, 0.25) is 15.1 Å². The third kappa shape index (κ3) is 6.73. The molecule has 3 aromatic carbocycles. The van der Waals surface area contributed by atoms with Gasteiger partial charge < -0.3 is 10.1 Å². The Labute approximate surface area is 228 Å². The molecular weight excluding hydrogens is 539 g/mol. The maximum absolute atomic E-state index is 12.5. The van der Waals surface area contributed by atoms with Crippen LogP contribution in [0.3, 0.4) is 0 Å². The van der Waals surface area contributed by atoms with Crippen molar-refractivity contribution in [3.05, 3.63) is 98.2 Å². The molecule has 36 heavy (non-hydrogen) atoms. The fourth-order valence-corrected chi connectivity index (χ4v) is 4.79. The minimum atomic E-state index is -0.115. The number of aryl methyl sites for hydroxylation is 2. The summed E-state index contributed by atoms with van der Waals surface area (Å²) in [5.41, 5.74) is 4.02. The van der Waals surface area contributed by atoms with Crippen LogP contribution in [0.1, 0.15) is 22.5 Å². The van der Waals surface area contributed by atoms with E-state index in [9.17, 15) is 4.79 Å². The molecular formula is C26H23Cl3N4O2S. The number of ether oxygens (including phenoxy) is 1. The predicted molar refractivity (Wildman–Crippen MR) is 146 cm³/mol. The Hall–Kier alpha value is -2.71. The third-order valence-electron chi connectivity index (χ3n) is 5.29. The molecule has 10 heteroatoms. The molecule has 0 fully saturated rings. The average Bonchev–Trinajstić information content (AvgIpc) is 3.26. The Kier molecular flexibility index (Phi) is 8.80. The Morgan fingerprint density at radius 2 is 1.72 bits per heavy atom. The van der Waals surface area contributed by atoms with Crippen molar-refractivity contribution >= 4 is 52.5 Å². The van der Waals surface area contributed by atoms with Crippen LogP contribution in [0.15, 0.2) is 65.8 Å². The molecule has 1 aromatic heterocycles. The summed E-state index contributed by atoms with van der Waals surface area (Å²) in [5.74, 6) is 1.14. The van der Waals surface area contributed by atoms with Gasteiger partial charge in [-0.25, -0.2) is 0 Å². The summed E-state index contributed by atoms with van der Waals surface area (Å²) in [6, 6.07) is 18.5. The van der Waals surface area contributed by atoms with Crippen molar-refractivity contribution in [2.45, 2.75) is 32.2 Å². The maximum Gasteiger partial charge on any atom is 0.230 e.